The number of halogens is 2. The predicted molar refractivity (Wildman–Crippen MR) is 142 cm³/mol. The number of hydrogen-bond acceptors (Lipinski definition) is 9. The number of alkyl halides is 2. The number of rotatable bonds is 10. The number of nitro groups is 3. The summed E-state index contributed by atoms with van der Waals surface area (Å²) in [6.45, 7) is 5.22. The summed E-state index contributed by atoms with van der Waals surface area (Å²) in [5.41, 5.74) is -0.370. The third kappa shape index (κ3) is 9.30. The number of nitrogens with zero attached hydrogens (tertiary/aromatic N) is 5. The molecule has 2 aromatic carbocycles. The van der Waals surface area contributed by atoms with Gasteiger partial charge in [0.05, 0.1) is 26.9 Å². The Kier molecular flexibility index (Phi) is 12.3. The summed E-state index contributed by atoms with van der Waals surface area (Å²) >= 11 is 11.8. The molecular formula is C23H29Cl2N5O7. The first-order chi connectivity index (χ1) is 17.7. The Bertz CT molecular complexity index is 1040. The zero-order valence-electron chi connectivity index (χ0n) is 20.1. The van der Waals surface area contributed by atoms with E-state index in [0.29, 0.717) is 23.9 Å². The van der Waals surface area contributed by atoms with Crippen molar-refractivity contribution in [1.29, 1.82) is 0 Å². The Morgan fingerprint density at radius 1 is 0.838 bits per heavy atom. The van der Waals surface area contributed by atoms with Crippen molar-refractivity contribution in [3.63, 3.8) is 0 Å². The van der Waals surface area contributed by atoms with Crippen molar-refractivity contribution >= 4 is 46.0 Å². The van der Waals surface area contributed by atoms with Gasteiger partial charge in [0.1, 0.15) is 0 Å². The molecule has 202 valence electrons. The summed E-state index contributed by atoms with van der Waals surface area (Å²) in [4.78, 5) is 32.6. The monoisotopic (exact) mass is 557 g/mol. The molecular weight excluding hydrogens is 529 g/mol. The van der Waals surface area contributed by atoms with Crippen LogP contribution in [0.1, 0.15) is 31.2 Å². The summed E-state index contributed by atoms with van der Waals surface area (Å²) in [5.74, 6) is 0.0566. The first kappa shape index (κ1) is 30.0. The Morgan fingerprint density at radius 2 is 1.38 bits per heavy atom. The minimum Gasteiger partial charge on any atom is -0.497 e. The number of benzene rings is 2. The van der Waals surface area contributed by atoms with Crippen molar-refractivity contribution in [2.24, 2.45) is 0 Å². The second-order valence-corrected chi connectivity index (χ2v) is 9.09. The van der Waals surface area contributed by atoms with Crippen LogP contribution in [0.15, 0.2) is 36.4 Å². The first-order valence-electron chi connectivity index (χ1n) is 11.7. The normalized spacial score (nSPS) is 13.7. The summed E-state index contributed by atoms with van der Waals surface area (Å²) in [6, 6.07) is 9.73. The molecule has 1 aliphatic heterocycles. The zero-order valence-corrected chi connectivity index (χ0v) is 21.6. The van der Waals surface area contributed by atoms with Crippen LogP contribution in [0.4, 0.5) is 22.7 Å². The highest BCUT2D eigenvalue weighted by Gasteiger charge is 2.30. The molecule has 0 bridgehead atoms. The smallest absolute Gasteiger partial charge is 0.324 e. The van der Waals surface area contributed by atoms with Gasteiger partial charge in [0, 0.05) is 37.1 Å². The molecule has 14 heteroatoms. The van der Waals surface area contributed by atoms with Crippen molar-refractivity contribution in [2.45, 2.75) is 32.2 Å². The maximum atomic E-state index is 10.4. The second kappa shape index (κ2) is 15.1. The molecule has 0 aliphatic carbocycles. The molecule has 12 nitrogen and oxygen atoms in total. The molecule has 0 aromatic heterocycles. The van der Waals surface area contributed by atoms with Crippen LogP contribution in [0, 0.1) is 30.3 Å². The highest BCUT2D eigenvalue weighted by atomic mass is 35.5. The maximum absolute atomic E-state index is 10.4. The number of nitro benzene ring substituents is 3. The van der Waals surface area contributed by atoms with Crippen molar-refractivity contribution in [3.05, 3.63) is 72.3 Å². The number of phenolic OH excluding ortho intramolecular Hbond substituents is 1. The van der Waals surface area contributed by atoms with E-state index in [4.69, 9.17) is 28.3 Å². The van der Waals surface area contributed by atoms with E-state index in [1.807, 2.05) is 0 Å². The Hall–Kier alpha value is -3.22. The van der Waals surface area contributed by atoms with Gasteiger partial charge in [-0.15, -0.1) is 23.2 Å². The Labute approximate surface area is 223 Å². The molecule has 37 heavy (non-hydrogen) atoms. The van der Waals surface area contributed by atoms with E-state index in [-0.39, 0.29) is 0 Å². The van der Waals surface area contributed by atoms with Crippen LogP contribution < -0.4 is 4.90 Å². The number of hydrogen-bond donors (Lipinski definition) is 1. The standard InChI is InChI=1S/C17H26Cl2N2.C6H3N3O7/c18-8-12-21(13-9-19)17-7-5-6-16(14-17)15-20-10-3-1-2-4-11-20;10-6-4(8(13)14)1-3(7(11)12)2-5(6)9(15)16/h5-7,14H,1-4,8-13,15H2;1-2,10H. The Balaban J connectivity index is 0.000000271. The number of likely N-dealkylation sites (tertiary alicyclic amines) is 1. The molecule has 1 N–H and O–H groups in total. The lowest BCUT2D eigenvalue weighted by Crippen LogP contribution is -2.28. The van der Waals surface area contributed by atoms with Gasteiger partial charge >= 0.3 is 11.4 Å². The fraction of sp³-hybridized carbons (Fsp3) is 0.478. The van der Waals surface area contributed by atoms with Gasteiger partial charge in [-0.05, 0) is 43.6 Å². The minimum absolute atomic E-state index is 0.447. The molecule has 0 unspecified atom stereocenters. The Morgan fingerprint density at radius 3 is 1.84 bits per heavy atom. The molecule has 3 rings (SSSR count). The fourth-order valence-corrected chi connectivity index (χ4v) is 4.36. The second-order valence-electron chi connectivity index (χ2n) is 8.33. The predicted octanol–water partition coefficient (Wildman–Crippen LogP) is 5.46. The topological polar surface area (TPSA) is 156 Å². The minimum atomic E-state index is -1.21. The van der Waals surface area contributed by atoms with E-state index in [1.165, 1.54) is 50.0 Å². The largest absolute Gasteiger partial charge is 0.497 e. The average molecular weight is 558 g/mol. The highest BCUT2D eigenvalue weighted by molar-refractivity contribution is 6.18. The van der Waals surface area contributed by atoms with Gasteiger partial charge < -0.3 is 10.0 Å². The molecule has 1 aliphatic rings. The highest BCUT2D eigenvalue weighted by Crippen LogP contribution is 2.39. The van der Waals surface area contributed by atoms with Crippen LogP contribution in [0.25, 0.3) is 0 Å². The summed E-state index contributed by atoms with van der Waals surface area (Å²) in [7, 11) is 0. The first-order valence-corrected chi connectivity index (χ1v) is 12.7. The van der Waals surface area contributed by atoms with E-state index < -0.39 is 37.6 Å². The van der Waals surface area contributed by atoms with Gasteiger partial charge in [-0.25, -0.2) is 0 Å². The third-order valence-corrected chi connectivity index (χ3v) is 6.09. The molecule has 0 atom stereocenters. The third-order valence-electron chi connectivity index (χ3n) is 5.75. The number of non-ortho nitro benzene ring substituents is 1. The SMILES string of the molecule is ClCCN(CCCl)c1cccc(CN2CCCCCC2)c1.O=[N+]([O-])c1cc([N+](=O)[O-])c(O)c([N+](=O)[O-])c1. The maximum Gasteiger partial charge on any atom is 0.324 e. The van der Waals surface area contributed by atoms with Crippen LogP contribution in [0.5, 0.6) is 5.75 Å². The van der Waals surface area contributed by atoms with Crippen molar-refractivity contribution in [1.82, 2.24) is 4.90 Å². The summed E-state index contributed by atoms with van der Waals surface area (Å²) in [6.07, 6.45) is 5.44. The molecule has 0 saturated carbocycles. The van der Waals surface area contributed by atoms with E-state index in [1.54, 1.807) is 0 Å². The van der Waals surface area contributed by atoms with Gasteiger partial charge in [-0.3, -0.25) is 35.2 Å². The number of anilines is 1. The summed E-state index contributed by atoms with van der Waals surface area (Å²) < 4.78 is 0. The van der Waals surface area contributed by atoms with Gasteiger partial charge in [-0.1, -0.05) is 25.0 Å². The van der Waals surface area contributed by atoms with Crippen molar-refractivity contribution < 1.29 is 19.9 Å². The van der Waals surface area contributed by atoms with E-state index in [9.17, 15) is 30.3 Å². The lowest BCUT2D eigenvalue weighted by Gasteiger charge is -2.25. The van der Waals surface area contributed by atoms with Crippen LogP contribution in [-0.2, 0) is 6.54 Å². The molecule has 2 aromatic rings. The van der Waals surface area contributed by atoms with Crippen LogP contribution in [0.2, 0.25) is 0 Å². The number of aromatic hydroxyl groups is 1. The van der Waals surface area contributed by atoms with Gasteiger partial charge in [0.15, 0.2) is 0 Å². The lowest BCUT2D eigenvalue weighted by molar-refractivity contribution is -0.404. The average Bonchev–Trinajstić information content (AvgIpc) is 3.13. The number of phenols is 1. The lowest BCUT2D eigenvalue weighted by atomic mass is 10.1. The molecule has 1 fully saturated rings. The summed E-state index contributed by atoms with van der Waals surface area (Å²) in [5, 5.41) is 40.2. The van der Waals surface area contributed by atoms with Gasteiger partial charge in [-0.2, -0.15) is 0 Å². The van der Waals surface area contributed by atoms with Crippen LogP contribution in [0.3, 0.4) is 0 Å². The molecule has 0 radical (unpaired) electrons. The fourth-order valence-electron chi connectivity index (χ4n) is 3.95. The van der Waals surface area contributed by atoms with Crippen LogP contribution in [-0.4, -0.2) is 62.7 Å². The van der Waals surface area contributed by atoms with E-state index in [2.05, 4.69) is 34.1 Å². The van der Waals surface area contributed by atoms with Gasteiger partial charge in [0.25, 0.3) is 11.4 Å². The van der Waals surface area contributed by atoms with Crippen molar-refractivity contribution in [3.8, 4) is 5.75 Å². The van der Waals surface area contributed by atoms with E-state index in [0.717, 1.165) is 19.6 Å². The molecule has 1 heterocycles. The van der Waals surface area contributed by atoms with E-state index >= 15 is 0 Å². The molecule has 0 spiro atoms. The zero-order chi connectivity index (χ0) is 27.4. The quantitative estimate of drug-likeness (QED) is 0.227. The molecule has 0 amide bonds. The van der Waals surface area contributed by atoms with Crippen molar-refractivity contribution in [2.75, 3.05) is 42.8 Å². The van der Waals surface area contributed by atoms with Gasteiger partial charge in [0.2, 0.25) is 0 Å². The molecule has 1 saturated heterocycles. The van der Waals surface area contributed by atoms with Crippen LogP contribution >= 0.6 is 23.2 Å².